The fourth-order valence-electron chi connectivity index (χ4n) is 2.32. The van der Waals surface area contributed by atoms with Gasteiger partial charge in [0.05, 0.1) is 22.5 Å². The van der Waals surface area contributed by atoms with Crippen LogP contribution < -0.4 is 0 Å². The Morgan fingerprint density at radius 2 is 2.25 bits per heavy atom. The van der Waals surface area contributed by atoms with Crippen molar-refractivity contribution >= 4 is 11.6 Å². The van der Waals surface area contributed by atoms with Crippen molar-refractivity contribution < 1.29 is 5.11 Å². The number of nitrogens with zero attached hydrogens (tertiary/aromatic N) is 2. The van der Waals surface area contributed by atoms with Crippen molar-refractivity contribution in [2.24, 2.45) is 13.0 Å². The van der Waals surface area contributed by atoms with Crippen molar-refractivity contribution in [1.82, 2.24) is 9.78 Å². The second-order valence-electron chi connectivity index (χ2n) is 4.86. The average molecular weight is 243 g/mol. The van der Waals surface area contributed by atoms with Crippen LogP contribution in [-0.4, -0.2) is 21.0 Å². The van der Waals surface area contributed by atoms with Gasteiger partial charge in [-0.1, -0.05) is 30.9 Å². The summed E-state index contributed by atoms with van der Waals surface area (Å²) in [5, 5.41) is 15.0. The van der Waals surface area contributed by atoms with Crippen LogP contribution in [0.5, 0.6) is 0 Å². The van der Waals surface area contributed by atoms with Crippen LogP contribution in [0.15, 0.2) is 0 Å². The Labute approximate surface area is 101 Å². The normalized spacial score (nSPS) is 18.5. The zero-order valence-electron chi connectivity index (χ0n) is 9.91. The van der Waals surface area contributed by atoms with E-state index in [4.69, 9.17) is 11.6 Å². The second kappa shape index (κ2) is 4.76. The van der Waals surface area contributed by atoms with Crippen LogP contribution in [0.4, 0.5) is 0 Å². The van der Waals surface area contributed by atoms with Crippen LogP contribution in [0.2, 0.25) is 5.02 Å². The summed E-state index contributed by atoms with van der Waals surface area (Å²) in [5.41, 5.74) is 1.79. The predicted molar refractivity (Wildman–Crippen MR) is 64.6 cm³/mol. The third-order valence-corrected chi connectivity index (χ3v) is 4.01. The van der Waals surface area contributed by atoms with E-state index in [-0.39, 0.29) is 6.10 Å². The van der Waals surface area contributed by atoms with Crippen molar-refractivity contribution in [2.45, 2.75) is 45.1 Å². The lowest BCUT2D eigenvalue weighted by Crippen LogP contribution is -2.22. The molecule has 90 valence electrons. The molecule has 0 amide bonds. The number of aromatic nitrogens is 2. The van der Waals surface area contributed by atoms with Crippen molar-refractivity contribution in [3.8, 4) is 0 Å². The van der Waals surface area contributed by atoms with Gasteiger partial charge in [-0.25, -0.2) is 0 Å². The molecule has 1 aromatic rings. The molecule has 1 saturated carbocycles. The smallest absolute Gasteiger partial charge is 0.0847 e. The molecule has 0 spiro atoms. The lowest BCUT2D eigenvalue weighted by Gasteiger charge is -2.27. The lowest BCUT2D eigenvalue weighted by atomic mass is 9.81. The summed E-state index contributed by atoms with van der Waals surface area (Å²) in [6.07, 6.45) is 5.11. The first kappa shape index (κ1) is 11.9. The summed E-state index contributed by atoms with van der Waals surface area (Å²) >= 11 is 6.15. The van der Waals surface area contributed by atoms with E-state index >= 15 is 0 Å². The maximum absolute atomic E-state index is 10.00. The summed E-state index contributed by atoms with van der Waals surface area (Å²) in [5.74, 6) is 0.725. The number of hydrogen-bond donors (Lipinski definition) is 1. The first-order valence-corrected chi connectivity index (χ1v) is 6.31. The van der Waals surface area contributed by atoms with E-state index in [1.807, 2.05) is 14.0 Å². The first-order chi connectivity index (χ1) is 7.58. The Bertz CT molecular complexity index is 371. The van der Waals surface area contributed by atoms with Gasteiger partial charge in [0.1, 0.15) is 0 Å². The average Bonchev–Trinajstić information content (AvgIpc) is 2.39. The van der Waals surface area contributed by atoms with E-state index in [1.165, 1.54) is 19.3 Å². The minimum Gasteiger partial charge on any atom is -0.393 e. The van der Waals surface area contributed by atoms with Crippen LogP contribution in [0.25, 0.3) is 0 Å². The Hall–Kier alpha value is -0.540. The maximum atomic E-state index is 10.00. The highest BCUT2D eigenvalue weighted by molar-refractivity contribution is 6.31. The predicted octanol–water partition coefficient (Wildman–Crippen LogP) is 2.48. The molecule has 1 aliphatic carbocycles. The SMILES string of the molecule is Cc1nn(C)c(CC(O)CC2CCC2)c1Cl. The Morgan fingerprint density at radius 3 is 2.69 bits per heavy atom. The number of aliphatic hydroxyl groups is 1. The van der Waals surface area contributed by atoms with Gasteiger partial charge in [0.15, 0.2) is 0 Å². The van der Waals surface area contributed by atoms with E-state index in [0.717, 1.165) is 23.7 Å². The number of aryl methyl sites for hydroxylation is 2. The molecule has 1 N–H and O–H groups in total. The summed E-state index contributed by atoms with van der Waals surface area (Å²) in [6, 6.07) is 0. The molecule has 2 rings (SSSR count). The van der Waals surface area contributed by atoms with Crippen LogP contribution >= 0.6 is 11.6 Å². The fourth-order valence-corrected chi connectivity index (χ4v) is 2.56. The van der Waals surface area contributed by atoms with Crippen LogP contribution in [0.1, 0.15) is 37.1 Å². The number of aliphatic hydroxyl groups excluding tert-OH is 1. The van der Waals surface area contributed by atoms with E-state index in [2.05, 4.69) is 5.10 Å². The lowest BCUT2D eigenvalue weighted by molar-refractivity contribution is 0.116. The third kappa shape index (κ3) is 2.41. The molecule has 0 aliphatic heterocycles. The first-order valence-electron chi connectivity index (χ1n) is 5.94. The van der Waals surface area contributed by atoms with Gasteiger partial charge in [0, 0.05) is 13.5 Å². The van der Waals surface area contributed by atoms with Gasteiger partial charge in [0.2, 0.25) is 0 Å². The molecule has 1 aliphatic rings. The molecule has 0 radical (unpaired) electrons. The molecule has 1 heterocycles. The van der Waals surface area contributed by atoms with Crippen LogP contribution in [0.3, 0.4) is 0 Å². The van der Waals surface area contributed by atoms with E-state index < -0.39 is 0 Å². The quantitative estimate of drug-likeness (QED) is 0.881. The Kier molecular flexibility index (Phi) is 3.55. The highest BCUT2D eigenvalue weighted by atomic mass is 35.5. The zero-order valence-corrected chi connectivity index (χ0v) is 10.7. The summed E-state index contributed by atoms with van der Waals surface area (Å²) in [4.78, 5) is 0. The fraction of sp³-hybridized carbons (Fsp3) is 0.750. The molecule has 4 heteroatoms. The number of hydrogen-bond acceptors (Lipinski definition) is 2. The third-order valence-electron chi connectivity index (χ3n) is 3.52. The molecule has 0 aromatic carbocycles. The molecule has 16 heavy (non-hydrogen) atoms. The standard InChI is InChI=1S/C12H19ClN2O/c1-8-12(13)11(15(2)14-8)7-10(16)6-9-4-3-5-9/h9-10,16H,3-7H2,1-2H3. The van der Waals surface area contributed by atoms with Gasteiger partial charge in [-0.2, -0.15) is 5.10 Å². The van der Waals surface area contributed by atoms with Gasteiger partial charge in [-0.3, -0.25) is 4.68 Å². The van der Waals surface area contributed by atoms with Crippen molar-refractivity contribution in [1.29, 1.82) is 0 Å². The minimum absolute atomic E-state index is 0.280. The molecular weight excluding hydrogens is 224 g/mol. The second-order valence-corrected chi connectivity index (χ2v) is 5.24. The van der Waals surface area contributed by atoms with Gasteiger partial charge < -0.3 is 5.11 Å². The summed E-state index contributed by atoms with van der Waals surface area (Å²) in [7, 11) is 1.88. The van der Waals surface area contributed by atoms with Crippen LogP contribution in [0, 0.1) is 12.8 Å². The summed E-state index contributed by atoms with van der Waals surface area (Å²) < 4.78 is 1.78. The van der Waals surface area contributed by atoms with Crippen LogP contribution in [-0.2, 0) is 13.5 Å². The number of halogens is 1. The zero-order chi connectivity index (χ0) is 11.7. The van der Waals surface area contributed by atoms with E-state index in [1.54, 1.807) is 4.68 Å². The van der Waals surface area contributed by atoms with Crippen molar-refractivity contribution in [2.75, 3.05) is 0 Å². The highest BCUT2D eigenvalue weighted by Crippen LogP contribution is 2.31. The largest absolute Gasteiger partial charge is 0.393 e. The minimum atomic E-state index is -0.280. The van der Waals surface area contributed by atoms with Gasteiger partial charge in [0.25, 0.3) is 0 Å². The Morgan fingerprint density at radius 1 is 1.56 bits per heavy atom. The van der Waals surface area contributed by atoms with Crippen molar-refractivity contribution in [3.05, 3.63) is 16.4 Å². The summed E-state index contributed by atoms with van der Waals surface area (Å²) in [6.45, 7) is 1.89. The molecule has 1 atom stereocenters. The van der Waals surface area contributed by atoms with Gasteiger partial charge in [-0.15, -0.1) is 0 Å². The van der Waals surface area contributed by atoms with E-state index in [9.17, 15) is 5.11 Å². The monoisotopic (exact) mass is 242 g/mol. The molecule has 1 fully saturated rings. The number of rotatable bonds is 4. The van der Waals surface area contributed by atoms with Gasteiger partial charge in [-0.05, 0) is 19.3 Å². The molecule has 1 aromatic heterocycles. The van der Waals surface area contributed by atoms with Gasteiger partial charge >= 0.3 is 0 Å². The maximum Gasteiger partial charge on any atom is 0.0847 e. The van der Waals surface area contributed by atoms with E-state index in [0.29, 0.717) is 11.4 Å². The highest BCUT2D eigenvalue weighted by Gasteiger charge is 2.22. The molecule has 0 bridgehead atoms. The molecule has 0 saturated heterocycles. The topological polar surface area (TPSA) is 38.0 Å². The Balaban J connectivity index is 1.96. The molecule has 3 nitrogen and oxygen atoms in total. The van der Waals surface area contributed by atoms with Crippen molar-refractivity contribution in [3.63, 3.8) is 0 Å². The molecular formula is C12H19ClN2O. The molecule has 1 unspecified atom stereocenters.